The van der Waals surface area contributed by atoms with E-state index in [2.05, 4.69) is 0 Å². The molecule has 1 N–H and O–H groups in total. The molecule has 15 heavy (non-hydrogen) atoms. The third-order valence-electron chi connectivity index (χ3n) is 2.86. The lowest BCUT2D eigenvalue weighted by molar-refractivity contribution is -0.140. The van der Waals surface area contributed by atoms with Gasteiger partial charge in [0.1, 0.15) is 0 Å². The largest absolute Gasteiger partial charge is 0.390 e. The smallest absolute Gasteiger partial charge is 0.228 e. The molecule has 1 amide bonds. The molecular formula is C10H19NO2S2. The van der Waals surface area contributed by atoms with Gasteiger partial charge in [-0.15, -0.1) is 23.5 Å². The third-order valence-corrected chi connectivity index (χ3v) is 5.50. The van der Waals surface area contributed by atoms with E-state index in [1.807, 2.05) is 19.6 Å². The van der Waals surface area contributed by atoms with E-state index in [-0.39, 0.29) is 16.4 Å². The number of piperidine rings is 1. The molecule has 1 saturated heterocycles. The van der Waals surface area contributed by atoms with Crippen LogP contribution in [0.2, 0.25) is 0 Å². The van der Waals surface area contributed by atoms with Crippen molar-refractivity contribution < 1.29 is 9.90 Å². The van der Waals surface area contributed by atoms with Crippen LogP contribution in [0.1, 0.15) is 12.8 Å². The fraction of sp³-hybridized carbons (Fsp3) is 0.900. The standard InChI is InChI=1S/C10H19NO2S2/c1-11-6-4-5-7(9(11)13)8(12)10(14-2)15-3/h7-8,10,12H,4-6H2,1-3H3. The summed E-state index contributed by atoms with van der Waals surface area (Å²) in [6.45, 7) is 0.825. The van der Waals surface area contributed by atoms with Gasteiger partial charge < -0.3 is 10.0 Å². The molecule has 1 aliphatic rings. The summed E-state index contributed by atoms with van der Waals surface area (Å²) in [5.74, 6) is -0.101. The van der Waals surface area contributed by atoms with Crippen LogP contribution in [0.15, 0.2) is 0 Å². The average molecular weight is 249 g/mol. The summed E-state index contributed by atoms with van der Waals surface area (Å²) in [5, 5.41) is 10.1. The van der Waals surface area contributed by atoms with Gasteiger partial charge in [0, 0.05) is 13.6 Å². The number of likely N-dealkylation sites (tertiary alicyclic amines) is 1. The van der Waals surface area contributed by atoms with Crippen molar-refractivity contribution in [3.63, 3.8) is 0 Å². The summed E-state index contributed by atoms with van der Waals surface area (Å²) in [5.41, 5.74) is 0. The van der Waals surface area contributed by atoms with Crippen LogP contribution in [-0.2, 0) is 4.79 Å². The van der Waals surface area contributed by atoms with Gasteiger partial charge in [-0.1, -0.05) is 0 Å². The van der Waals surface area contributed by atoms with Crippen LogP contribution in [0.5, 0.6) is 0 Å². The predicted molar refractivity (Wildman–Crippen MR) is 67.2 cm³/mol. The van der Waals surface area contributed by atoms with Crippen LogP contribution >= 0.6 is 23.5 Å². The topological polar surface area (TPSA) is 40.5 Å². The summed E-state index contributed by atoms with van der Waals surface area (Å²) < 4.78 is 0.102. The van der Waals surface area contributed by atoms with E-state index in [9.17, 15) is 9.90 Å². The van der Waals surface area contributed by atoms with Crippen molar-refractivity contribution in [2.75, 3.05) is 26.1 Å². The highest BCUT2D eigenvalue weighted by molar-refractivity contribution is 8.16. The number of hydrogen-bond donors (Lipinski definition) is 1. The van der Waals surface area contributed by atoms with Gasteiger partial charge in [-0.05, 0) is 25.4 Å². The number of carbonyl (C=O) groups is 1. The number of carbonyl (C=O) groups excluding carboxylic acids is 1. The number of thioether (sulfide) groups is 2. The SMILES string of the molecule is CSC(SC)C(O)C1CCCN(C)C1=O. The van der Waals surface area contributed by atoms with E-state index >= 15 is 0 Å². The Bertz CT molecular complexity index is 221. The van der Waals surface area contributed by atoms with Gasteiger partial charge in [0.2, 0.25) is 5.91 Å². The Morgan fingerprint density at radius 3 is 2.60 bits per heavy atom. The van der Waals surface area contributed by atoms with Crippen LogP contribution in [0.3, 0.4) is 0 Å². The van der Waals surface area contributed by atoms with E-state index < -0.39 is 6.10 Å². The van der Waals surface area contributed by atoms with Crippen LogP contribution in [0, 0.1) is 5.92 Å². The van der Waals surface area contributed by atoms with E-state index in [0.717, 1.165) is 19.4 Å². The molecule has 1 rings (SSSR count). The van der Waals surface area contributed by atoms with Gasteiger partial charge in [-0.25, -0.2) is 0 Å². The lowest BCUT2D eigenvalue weighted by Gasteiger charge is -2.34. The maximum atomic E-state index is 11.9. The maximum absolute atomic E-state index is 11.9. The van der Waals surface area contributed by atoms with Crippen LogP contribution < -0.4 is 0 Å². The fourth-order valence-corrected chi connectivity index (χ4v) is 3.65. The Morgan fingerprint density at radius 1 is 1.47 bits per heavy atom. The summed E-state index contributed by atoms with van der Waals surface area (Å²) in [6.07, 6.45) is 5.25. The number of nitrogens with zero attached hydrogens (tertiary/aromatic N) is 1. The Balaban J connectivity index is 2.64. The van der Waals surface area contributed by atoms with E-state index in [4.69, 9.17) is 0 Å². The van der Waals surface area contributed by atoms with Crippen molar-refractivity contribution in [1.82, 2.24) is 4.90 Å². The molecule has 88 valence electrons. The second kappa shape index (κ2) is 6.01. The second-order valence-corrected chi connectivity index (χ2v) is 6.10. The second-order valence-electron chi connectivity index (χ2n) is 3.84. The number of amides is 1. The first-order chi connectivity index (χ1) is 7.11. The number of aliphatic hydroxyl groups excluding tert-OH is 1. The molecule has 0 spiro atoms. The van der Waals surface area contributed by atoms with Gasteiger partial charge in [-0.2, -0.15) is 0 Å². The predicted octanol–water partition coefficient (Wildman–Crippen LogP) is 1.27. The zero-order valence-corrected chi connectivity index (χ0v) is 11.1. The maximum Gasteiger partial charge on any atom is 0.228 e. The summed E-state index contributed by atoms with van der Waals surface area (Å²) in [4.78, 5) is 13.6. The zero-order valence-electron chi connectivity index (χ0n) is 9.47. The van der Waals surface area contributed by atoms with Crippen LogP contribution in [0.4, 0.5) is 0 Å². The van der Waals surface area contributed by atoms with Crippen molar-refractivity contribution >= 4 is 29.4 Å². The van der Waals surface area contributed by atoms with E-state index in [1.165, 1.54) is 0 Å². The molecule has 1 heterocycles. The molecule has 0 aromatic carbocycles. The van der Waals surface area contributed by atoms with Gasteiger partial charge >= 0.3 is 0 Å². The van der Waals surface area contributed by atoms with Crippen molar-refractivity contribution in [1.29, 1.82) is 0 Å². The Kier molecular flexibility index (Phi) is 5.29. The molecule has 5 heteroatoms. The van der Waals surface area contributed by atoms with Gasteiger partial charge in [-0.3, -0.25) is 4.79 Å². The lowest BCUT2D eigenvalue weighted by Crippen LogP contribution is -2.45. The number of rotatable bonds is 4. The number of aliphatic hydroxyl groups is 1. The monoisotopic (exact) mass is 249 g/mol. The molecule has 0 saturated carbocycles. The van der Waals surface area contributed by atoms with Gasteiger partial charge in [0.05, 0.1) is 16.6 Å². The molecule has 0 aromatic rings. The first-order valence-corrected chi connectivity index (χ1v) is 7.68. The minimum Gasteiger partial charge on any atom is -0.390 e. The first-order valence-electron chi connectivity index (χ1n) is 5.10. The fourth-order valence-electron chi connectivity index (χ4n) is 1.95. The molecule has 1 fully saturated rings. The van der Waals surface area contributed by atoms with E-state index in [0.29, 0.717) is 0 Å². The lowest BCUT2D eigenvalue weighted by atomic mass is 9.92. The molecule has 3 nitrogen and oxygen atoms in total. The van der Waals surface area contributed by atoms with Crippen LogP contribution in [-0.4, -0.2) is 52.7 Å². The average Bonchev–Trinajstić information content (AvgIpc) is 2.23. The summed E-state index contributed by atoms with van der Waals surface area (Å²) >= 11 is 3.23. The third kappa shape index (κ3) is 3.04. The minimum absolute atomic E-state index is 0.0989. The molecule has 1 aliphatic heterocycles. The van der Waals surface area contributed by atoms with Crippen LogP contribution in [0.25, 0.3) is 0 Å². The summed E-state index contributed by atoms with van der Waals surface area (Å²) in [7, 11) is 1.81. The highest BCUT2D eigenvalue weighted by Gasteiger charge is 2.35. The Hall–Kier alpha value is 0.130. The summed E-state index contributed by atoms with van der Waals surface area (Å²) in [6, 6.07) is 0. The minimum atomic E-state index is -0.523. The molecule has 2 atom stereocenters. The van der Waals surface area contributed by atoms with Gasteiger partial charge in [0.25, 0.3) is 0 Å². The highest BCUT2D eigenvalue weighted by atomic mass is 32.2. The Morgan fingerprint density at radius 2 is 2.07 bits per heavy atom. The van der Waals surface area contributed by atoms with E-state index in [1.54, 1.807) is 28.4 Å². The molecule has 0 radical (unpaired) electrons. The quantitative estimate of drug-likeness (QED) is 0.762. The van der Waals surface area contributed by atoms with Crippen molar-refractivity contribution in [3.05, 3.63) is 0 Å². The zero-order chi connectivity index (χ0) is 11.4. The highest BCUT2D eigenvalue weighted by Crippen LogP contribution is 2.31. The molecule has 2 unspecified atom stereocenters. The van der Waals surface area contributed by atoms with Crippen molar-refractivity contribution in [2.45, 2.75) is 23.5 Å². The molecule has 0 aromatic heterocycles. The molecule has 0 aliphatic carbocycles. The number of hydrogen-bond acceptors (Lipinski definition) is 4. The van der Waals surface area contributed by atoms with Gasteiger partial charge in [0.15, 0.2) is 0 Å². The van der Waals surface area contributed by atoms with Crippen molar-refractivity contribution in [3.8, 4) is 0 Å². The normalized spacial score (nSPS) is 24.7. The van der Waals surface area contributed by atoms with Crippen molar-refractivity contribution in [2.24, 2.45) is 5.92 Å². The first kappa shape index (κ1) is 13.2. The Labute approximate surface area is 100.0 Å². The molecule has 0 bridgehead atoms. The molecular weight excluding hydrogens is 230 g/mol.